The predicted molar refractivity (Wildman–Crippen MR) is 118 cm³/mol. The van der Waals surface area contributed by atoms with Gasteiger partial charge in [0.15, 0.2) is 16.1 Å². The summed E-state index contributed by atoms with van der Waals surface area (Å²) in [6.45, 7) is 8.69. The number of carbonyl (C=O) groups excluding carboxylic acids is 1. The molecule has 29 heavy (non-hydrogen) atoms. The van der Waals surface area contributed by atoms with E-state index in [9.17, 15) is 4.79 Å². The van der Waals surface area contributed by atoms with E-state index in [1.165, 1.54) is 17.3 Å². The number of thioether (sulfide) groups is 1. The number of halogens is 1. The zero-order valence-corrected chi connectivity index (χ0v) is 17.9. The van der Waals surface area contributed by atoms with E-state index in [2.05, 4.69) is 53.1 Å². The maximum absolute atomic E-state index is 12.3. The number of amides is 1. The highest BCUT2D eigenvalue weighted by atomic mass is 35.5. The molecule has 8 heteroatoms. The SMILES string of the molecule is C=CCn1c(SCC(=O)Nc2cccnc2Cl)nnc1-c1ccc(C(C)C)cc1. The zero-order chi connectivity index (χ0) is 20.8. The van der Waals surface area contributed by atoms with Crippen LogP contribution in [0.25, 0.3) is 11.4 Å². The number of rotatable bonds is 8. The van der Waals surface area contributed by atoms with Crippen molar-refractivity contribution in [2.24, 2.45) is 0 Å². The van der Waals surface area contributed by atoms with Crippen LogP contribution in [0.4, 0.5) is 5.69 Å². The second kappa shape index (κ2) is 9.71. The molecule has 0 spiro atoms. The highest BCUT2D eigenvalue weighted by Gasteiger charge is 2.16. The molecule has 2 aromatic heterocycles. The Balaban J connectivity index is 1.73. The van der Waals surface area contributed by atoms with Crippen molar-refractivity contribution in [1.82, 2.24) is 19.7 Å². The summed E-state index contributed by atoms with van der Waals surface area (Å²) in [5, 5.41) is 12.3. The first kappa shape index (κ1) is 21.1. The number of aromatic nitrogens is 4. The van der Waals surface area contributed by atoms with Crippen molar-refractivity contribution in [3.05, 3.63) is 66.0 Å². The molecular weight excluding hydrogens is 406 g/mol. The van der Waals surface area contributed by atoms with Crippen molar-refractivity contribution < 1.29 is 4.79 Å². The van der Waals surface area contributed by atoms with Crippen LogP contribution in [0.3, 0.4) is 0 Å². The monoisotopic (exact) mass is 427 g/mol. The Hall–Kier alpha value is -2.64. The molecule has 0 bridgehead atoms. The van der Waals surface area contributed by atoms with Crippen LogP contribution < -0.4 is 5.32 Å². The van der Waals surface area contributed by atoms with Crippen molar-refractivity contribution in [2.75, 3.05) is 11.1 Å². The van der Waals surface area contributed by atoms with Gasteiger partial charge in [0.05, 0.1) is 11.4 Å². The molecule has 2 heterocycles. The highest BCUT2D eigenvalue weighted by Crippen LogP contribution is 2.26. The summed E-state index contributed by atoms with van der Waals surface area (Å²) in [4.78, 5) is 16.2. The summed E-state index contributed by atoms with van der Waals surface area (Å²) >= 11 is 7.29. The molecule has 1 amide bonds. The number of nitrogens with one attached hydrogen (secondary N) is 1. The Morgan fingerprint density at radius 3 is 2.69 bits per heavy atom. The lowest BCUT2D eigenvalue weighted by Gasteiger charge is -2.10. The van der Waals surface area contributed by atoms with Gasteiger partial charge in [-0.1, -0.05) is 67.6 Å². The van der Waals surface area contributed by atoms with E-state index in [1.54, 1.807) is 24.4 Å². The molecule has 6 nitrogen and oxygen atoms in total. The lowest BCUT2D eigenvalue weighted by molar-refractivity contribution is -0.113. The molecule has 3 aromatic rings. The summed E-state index contributed by atoms with van der Waals surface area (Å²) in [5.74, 6) is 1.19. The molecular formula is C21H22ClN5OS. The molecule has 0 atom stereocenters. The Morgan fingerprint density at radius 1 is 1.28 bits per heavy atom. The van der Waals surface area contributed by atoms with Gasteiger partial charge in [-0.05, 0) is 23.6 Å². The molecule has 0 radical (unpaired) electrons. The minimum atomic E-state index is -0.194. The molecule has 1 aromatic carbocycles. The molecule has 0 saturated heterocycles. The van der Waals surface area contributed by atoms with Gasteiger partial charge in [0.25, 0.3) is 0 Å². The first-order valence-electron chi connectivity index (χ1n) is 9.17. The molecule has 0 fully saturated rings. The van der Waals surface area contributed by atoms with E-state index in [0.29, 0.717) is 23.3 Å². The lowest BCUT2D eigenvalue weighted by atomic mass is 10.0. The van der Waals surface area contributed by atoms with E-state index >= 15 is 0 Å². The van der Waals surface area contributed by atoms with Crippen LogP contribution in [0, 0.1) is 0 Å². The number of carbonyl (C=O) groups is 1. The van der Waals surface area contributed by atoms with Crippen LogP contribution in [0.5, 0.6) is 0 Å². The summed E-state index contributed by atoms with van der Waals surface area (Å²) in [6, 6.07) is 11.7. The van der Waals surface area contributed by atoms with Gasteiger partial charge >= 0.3 is 0 Å². The van der Waals surface area contributed by atoms with E-state index in [4.69, 9.17) is 11.6 Å². The van der Waals surface area contributed by atoms with Crippen LogP contribution in [0.2, 0.25) is 5.15 Å². The largest absolute Gasteiger partial charge is 0.323 e. The molecule has 3 rings (SSSR count). The second-order valence-corrected chi connectivity index (χ2v) is 7.96. The Bertz CT molecular complexity index is 1000. The molecule has 0 unspecified atom stereocenters. The minimum absolute atomic E-state index is 0.173. The fraction of sp³-hybridized carbons (Fsp3) is 0.238. The molecule has 0 aliphatic carbocycles. The van der Waals surface area contributed by atoms with Gasteiger partial charge in [-0.2, -0.15) is 0 Å². The van der Waals surface area contributed by atoms with Gasteiger partial charge < -0.3 is 5.32 Å². The third kappa shape index (κ3) is 5.25. The Labute approximate surface area is 179 Å². The lowest BCUT2D eigenvalue weighted by Crippen LogP contribution is -2.15. The van der Waals surface area contributed by atoms with Gasteiger partial charge in [0.1, 0.15) is 0 Å². The van der Waals surface area contributed by atoms with E-state index in [0.717, 1.165) is 11.4 Å². The third-order valence-corrected chi connectivity index (χ3v) is 5.50. The Kier molecular flexibility index (Phi) is 7.06. The van der Waals surface area contributed by atoms with Gasteiger partial charge in [-0.25, -0.2) is 4.98 Å². The van der Waals surface area contributed by atoms with Crippen LogP contribution in [0.15, 0.2) is 60.4 Å². The van der Waals surface area contributed by atoms with Crippen LogP contribution >= 0.6 is 23.4 Å². The number of hydrogen-bond donors (Lipinski definition) is 1. The van der Waals surface area contributed by atoms with Crippen molar-refractivity contribution >= 4 is 35.0 Å². The van der Waals surface area contributed by atoms with Crippen molar-refractivity contribution in [1.29, 1.82) is 0 Å². The number of anilines is 1. The van der Waals surface area contributed by atoms with Gasteiger partial charge in [0.2, 0.25) is 5.91 Å². The fourth-order valence-electron chi connectivity index (χ4n) is 2.72. The van der Waals surface area contributed by atoms with E-state index in [1.807, 2.05) is 16.7 Å². The normalized spacial score (nSPS) is 10.9. The highest BCUT2D eigenvalue weighted by molar-refractivity contribution is 7.99. The quantitative estimate of drug-likeness (QED) is 0.310. The first-order valence-corrected chi connectivity index (χ1v) is 10.5. The molecule has 1 N–H and O–H groups in total. The van der Waals surface area contributed by atoms with Gasteiger partial charge in [0, 0.05) is 18.3 Å². The molecule has 0 saturated carbocycles. The zero-order valence-electron chi connectivity index (χ0n) is 16.3. The maximum Gasteiger partial charge on any atom is 0.234 e. The van der Waals surface area contributed by atoms with E-state index in [-0.39, 0.29) is 16.8 Å². The number of nitrogens with zero attached hydrogens (tertiary/aromatic N) is 4. The molecule has 0 aliphatic heterocycles. The number of hydrogen-bond acceptors (Lipinski definition) is 5. The Morgan fingerprint density at radius 2 is 2.03 bits per heavy atom. The molecule has 150 valence electrons. The first-order chi connectivity index (χ1) is 14.0. The van der Waals surface area contributed by atoms with Crippen molar-refractivity contribution in [3.8, 4) is 11.4 Å². The average Bonchev–Trinajstić information content (AvgIpc) is 3.11. The van der Waals surface area contributed by atoms with Crippen molar-refractivity contribution in [2.45, 2.75) is 31.5 Å². The number of pyridine rings is 1. The van der Waals surface area contributed by atoms with Gasteiger partial charge in [-0.3, -0.25) is 9.36 Å². The summed E-state index contributed by atoms with van der Waals surface area (Å²) in [7, 11) is 0. The summed E-state index contributed by atoms with van der Waals surface area (Å²) < 4.78 is 1.95. The number of benzene rings is 1. The predicted octanol–water partition coefficient (Wildman–Crippen LogP) is 5.03. The van der Waals surface area contributed by atoms with Crippen molar-refractivity contribution in [3.63, 3.8) is 0 Å². The van der Waals surface area contributed by atoms with Crippen LogP contribution in [0.1, 0.15) is 25.3 Å². The van der Waals surface area contributed by atoms with Gasteiger partial charge in [-0.15, -0.1) is 16.8 Å². The summed E-state index contributed by atoms with van der Waals surface area (Å²) in [6.07, 6.45) is 3.36. The third-order valence-electron chi connectivity index (χ3n) is 4.23. The van der Waals surface area contributed by atoms with Crippen LogP contribution in [-0.4, -0.2) is 31.4 Å². The smallest absolute Gasteiger partial charge is 0.234 e. The fourth-order valence-corrected chi connectivity index (χ4v) is 3.63. The topological polar surface area (TPSA) is 72.7 Å². The molecule has 0 aliphatic rings. The van der Waals surface area contributed by atoms with E-state index < -0.39 is 0 Å². The maximum atomic E-state index is 12.3. The average molecular weight is 428 g/mol. The minimum Gasteiger partial charge on any atom is -0.323 e. The second-order valence-electron chi connectivity index (χ2n) is 6.66. The summed E-state index contributed by atoms with van der Waals surface area (Å²) in [5.41, 5.74) is 2.73. The standard InChI is InChI=1S/C21H22ClN5OS/c1-4-12-27-20(16-9-7-15(8-10-16)14(2)3)25-26-21(27)29-13-18(28)24-17-6-5-11-23-19(17)22/h4-11,14H,1,12-13H2,2-3H3,(H,24,28). The van der Waals surface area contributed by atoms with Crippen LogP contribution in [-0.2, 0) is 11.3 Å². The number of allylic oxidation sites excluding steroid dienone is 1.